The number of rotatable bonds is 3. The van der Waals surface area contributed by atoms with Crippen LogP contribution in [0.15, 0.2) is 36.9 Å². The second kappa shape index (κ2) is 4.59. The fraction of sp³-hybridized carbons (Fsp3) is 0.200. The van der Waals surface area contributed by atoms with Crippen LogP contribution < -0.4 is 5.19 Å². The van der Waals surface area contributed by atoms with E-state index in [0.717, 1.165) is 11.2 Å². The van der Waals surface area contributed by atoms with Crippen molar-refractivity contribution in [2.24, 2.45) is 0 Å². The van der Waals surface area contributed by atoms with Crippen LogP contribution in [0.1, 0.15) is 0 Å². The van der Waals surface area contributed by atoms with Gasteiger partial charge in [-0.05, 0) is 12.1 Å². The van der Waals surface area contributed by atoms with Gasteiger partial charge in [0.1, 0.15) is 12.7 Å². The number of halogens is 1. The van der Waals surface area contributed by atoms with E-state index in [4.69, 9.17) is 11.6 Å². The van der Waals surface area contributed by atoms with Crippen LogP contribution in [0.4, 0.5) is 0 Å². The van der Waals surface area contributed by atoms with Crippen molar-refractivity contribution in [3.05, 3.63) is 41.9 Å². The summed E-state index contributed by atoms with van der Waals surface area (Å²) >= 11 is 5.85. The molecule has 0 aliphatic rings. The van der Waals surface area contributed by atoms with E-state index in [2.05, 4.69) is 28.8 Å². The highest BCUT2D eigenvalue weighted by molar-refractivity contribution is 6.70. The predicted molar refractivity (Wildman–Crippen MR) is 64.1 cm³/mol. The van der Waals surface area contributed by atoms with Gasteiger partial charge in [-0.1, -0.05) is 35.5 Å². The molecule has 0 bridgehead atoms. The Morgan fingerprint density at radius 3 is 2.67 bits per heavy atom. The van der Waals surface area contributed by atoms with Crippen molar-refractivity contribution in [2.75, 3.05) is 0 Å². The van der Waals surface area contributed by atoms with Crippen molar-refractivity contribution < 1.29 is 0 Å². The van der Waals surface area contributed by atoms with Gasteiger partial charge in [0.25, 0.3) is 0 Å². The van der Waals surface area contributed by atoms with Crippen molar-refractivity contribution in [3.63, 3.8) is 0 Å². The monoisotopic (exact) mass is 237 g/mol. The lowest BCUT2D eigenvalue weighted by molar-refractivity contribution is 0.732. The Balaban J connectivity index is 2.08. The molecule has 78 valence electrons. The molecular weight excluding hydrogens is 226 g/mol. The van der Waals surface area contributed by atoms with Crippen LogP contribution in [0.25, 0.3) is 0 Å². The minimum absolute atomic E-state index is 0.792. The molecule has 0 radical (unpaired) electrons. The number of benzene rings is 1. The highest BCUT2D eigenvalue weighted by Gasteiger charge is 2.08. The molecule has 3 nitrogen and oxygen atoms in total. The van der Waals surface area contributed by atoms with Gasteiger partial charge in [0, 0.05) is 11.2 Å². The highest BCUT2D eigenvalue weighted by Crippen LogP contribution is 2.04. The smallest absolute Gasteiger partial charge is 0.137 e. The topological polar surface area (TPSA) is 30.7 Å². The summed E-state index contributed by atoms with van der Waals surface area (Å²) in [4.78, 5) is 3.94. The maximum atomic E-state index is 5.85. The first-order valence-electron chi connectivity index (χ1n) is 4.83. The lowest BCUT2D eigenvalue weighted by Gasteiger charge is -2.09. The molecular formula is C10H12ClN3Si. The molecule has 15 heavy (non-hydrogen) atoms. The maximum absolute atomic E-state index is 5.85. The summed E-state index contributed by atoms with van der Waals surface area (Å²) in [5.41, 5.74) is 0. The molecule has 1 atom stereocenters. The average molecular weight is 238 g/mol. The van der Waals surface area contributed by atoms with Gasteiger partial charge < -0.3 is 0 Å². The number of aromatic nitrogens is 3. The molecule has 1 unspecified atom stereocenters. The third-order valence-corrected chi connectivity index (χ3v) is 5.06. The van der Waals surface area contributed by atoms with E-state index in [1.54, 1.807) is 12.7 Å². The second-order valence-electron chi connectivity index (χ2n) is 3.57. The Morgan fingerprint density at radius 2 is 2.07 bits per heavy atom. The summed E-state index contributed by atoms with van der Waals surface area (Å²) < 4.78 is 1.89. The Bertz CT molecular complexity index is 413. The van der Waals surface area contributed by atoms with Crippen LogP contribution >= 0.6 is 11.6 Å². The van der Waals surface area contributed by atoms with Gasteiger partial charge in [-0.15, -0.1) is 0 Å². The molecule has 1 aromatic carbocycles. The predicted octanol–water partition coefficient (Wildman–Crippen LogP) is 1.23. The van der Waals surface area contributed by atoms with Crippen molar-refractivity contribution in [1.82, 2.24) is 14.8 Å². The lowest BCUT2D eigenvalue weighted by atomic mass is 10.4. The average Bonchev–Trinajstić information content (AvgIpc) is 2.71. The molecule has 1 heterocycles. The van der Waals surface area contributed by atoms with Crippen LogP contribution in [-0.2, 0) is 6.17 Å². The van der Waals surface area contributed by atoms with E-state index in [1.165, 1.54) is 5.19 Å². The number of nitrogens with zero attached hydrogens (tertiary/aromatic N) is 3. The highest BCUT2D eigenvalue weighted by atomic mass is 35.5. The number of hydrogen-bond donors (Lipinski definition) is 0. The van der Waals surface area contributed by atoms with Crippen LogP contribution in [-0.4, -0.2) is 23.6 Å². The largest absolute Gasteiger partial charge is 0.256 e. The van der Waals surface area contributed by atoms with Gasteiger partial charge in [-0.3, -0.25) is 4.68 Å². The van der Waals surface area contributed by atoms with Crippen LogP contribution in [0, 0.1) is 0 Å². The van der Waals surface area contributed by atoms with E-state index in [0.29, 0.717) is 0 Å². The molecule has 0 aliphatic carbocycles. The zero-order valence-electron chi connectivity index (χ0n) is 8.47. The Labute approximate surface area is 95.3 Å². The quantitative estimate of drug-likeness (QED) is 0.752. The summed E-state index contributed by atoms with van der Waals surface area (Å²) in [6, 6.07) is 8.11. The van der Waals surface area contributed by atoms with Gasteiger partial charge >= 0.3 is 0 Å². The zero-order chi connectivity index (χ0) is 10.7. The van der Waals surface area contributed by atoms with Crippen LogP contribution in [0.2, 0.25) is 11.6 Å². The molecule has 0 spiro atoms. The summed E-state index contributed by atoms with van der Waals surface area (Å²) in [6.07, 6.45) is 4.31. The third kappa shape index (κ3) is 2.67. The molecule has 2 rings (SSSR count). The summed E-state index contributed by atoms with van der Waals surface area (Å²) in [5.74, 6) is 0. The van der Waals surface area contributed by atoms with E-state index in [1.807, 2.05) is 16.8 Å². The standard InChI is InChI=1S/C10H12ClN3Si/c1-15(8-14-7-12-6-13-14)10-4-2-9(11)3-5-10/h2-7,15H,8H2,1H3. The molecule has 0 saturated heterocycles. The maximum Gasteiger partial charge on any atom is 0.137 e. The normalized spacial score (nSPS) is 12.7. The van der Waals surface area contributed by atoms with Gasteiger partial charge in [-0.25, -0.2) is 4.98 Å². The SMILES string of the molecule is C[SiH](Cn1cncn1)c1ccc(Cl)cc1. The Morgan fingerprint density at radius 1 is 1.33 bits per heavy atom. The molecule has 0 N–H and O–H groups in total. The van der Waals surface area contributed by atoms with Gasteiger partial charge in [0.2, 0.25) is 0 Å². The van der Waals surface area contributed by atoms with Crippen molar-refractivity contribution in [1.29, 1.82) is 0 Å². The summed E-state index contributed by atoms with van der Waals surface area (Å²) in [6.45, 7) is 2.30. The van der Waals surface area contributed by atoms with Crippen molar-refractivity contribution in [2.45, 2.75) is 12.7 Å². The van der Waals surface area contributed by atoms with Gasteiger partial charge in [0.15, 0.2) is 0 Å². The minimum Gasteiger partial charge on any atom is -0.256 e. The molecule has 1 aromatic heterocycles. The molecule has 0 saturated carbocycles. The molecule has 0 amide bonds. The lowest BCUT2D eigenvalue weighted by Crippen LogP contribution is -2.31. The minimum atomic E-state index is -0.972. The first-order valence-corrected chi connectivity index (χ1v) is 7.76. The van der Waals surface area contributed by atoms with Crippen molar-refractivity contribution in [3.8, 4) is 0 Å². The Hall–Kier alpha value is -1.13. The molecule has 5 heteroatoms. The third-order valence-electron chi connectivity index (χ3n) is 2.37. The van der Waals surface area contributed by atoms with Gasteiger partial charge in [0.05, 0.1) is 8.80 Å². The van der Waals surface area contributed by atoms with E-state index >= 15 is 0 Å². The Kier molecular flexibility index (Phi) is 3.18. The first-order chi connectivity index (χ1) is 7.25. The molecule has 2 aromatic rings. The number of hydrogen-bond acceptors (Lipinski definition) is 2. The van der Waals surface area contributed by atoms with Gasteiger partial charge in [-0.2, -0.15) is 5.10 Å². The summed E-state index contributed by atoms with van der Waals surface area (Å²) in [7, 11) is -0.972. The van der Waals surface area contributed by atoms with E-state index in [-0.39, 0.29) is 0 Å². The zero-order valence-corrected chi connectivity index (χ0v) is 10.4. The molecule has 0 aliphatic heterocycles. The fourth-order valence-electron chi connectivity index (χ4n) is 1.50. The van der Waals surface area contributed by atoms with E-state index in [9.17, 15) is 0 Å². The first kappa shape index (κ1) is 10.4. The van der Waals surface area contributed by atoms with E-state index < -0.39 is 8.80 Å². The van der Waals surface area contributed by atoms with Crippen LogP contribution in [0.5, 0.6) is 0 Å². The van der Waals surface area contributed by atoms with Crippen molar-refractivity contribution >= 4 is 25.6 Å². The summed E-state index contributed by atoms with van der Waals surface area (Å²) in [5, 5.41) is 6.30. The molecule has 0 fully saturated rings. The fourth-order valence-corrected chi connectivity index (χ4v) is 3.44. The van der Waals surface area contributed by atoms with Crippen LogP contribution in [0.3, 0.4) is 0 Å². The second-order valence-corrected chi connectivity index (χ2v) is 6.84.